The molecule has 0 heterocycles. The summed E-state index contributed by atoms with van der Waals surface area (Å²) in [4.78, 5) is 0. The first-order valence-electron chi connectivity index (χ1n) is 16.3. The van der Waals surface area contributed by atoms with Crippen LogP contribution in [0, 0.1) is 34.5 Å². The molecule has 4 heteroatoms. The van der Waals surface area contributed by atoms with Gasteiger partial charge in [0.1, 0.15) is 11.5 Å². The monoisotopic (exact) mass is 542 g/mol. The van der Waals surface area contributed by atoms with E-state index >= 15 is 0 Å². The average molecular weight is 543 g/mol. The van der Waals surface area contributed by atoms with Gasteiger partial charge in [-0.15, -0.1) is 0 Å². The third kappa shape index (κ3) is 3.38. The Morgan fingerprint density at radius 2 is 1.23 bits per heavy atom. The molecule has 0 amide bonds. The lowest BCUT2D eigenvalue weighted by molar-refractivity contribution is -0.0226. The normalized spacial score (nSPS) is 43.2. The third-order valence-corrected chi connectivity index (χ3v) is 13.8. The minimum absolute atomic E-state index is 0.0298. The summed E-state index contributed by atoms with van der Waals surface area (Å²) < 4.78 is 0. The molecule has 4 fully saturated rings. The molecule has 6 aliphatic carbocycles. The maximum Gasteiger partial charge on any atom is 0.123 e. The molecule has 0 unspecified atom stereocenters. The van der Waals surface area contributed by atoms with Crippen molar-refractivity contribution < 1.29 is 20.4 Å². The fraction of sp³-hybridized carbons (Fsp3) is 0.667. The Balaban J connectivity index is 1.21. The standard InChI is InChI=1S/C36H46O4/c1-35-13-11-22-23(29(35)7-9-32(35)39)5-3-19-16-31(38)27(18-26(19)22)28-17-21(37)15-20-4-6-24-25(34(20)28)12-14-36(2)30(24)8-10-33(36)40/h15-18,22-25,29-30,32-33,37-40H,3-14H2,1-2H3/t22-,23+,24+,25-,29-,30-,32-,33+,35-,36-/m0/s1. The minimum Gasteiger partial charge on any atom is -0.508 e. The van der Waals surface area contributed by atoms with Gasteiger partial charge in [-0.1, -0.05) is 13.8 Å². The van der Waals surface area contributed by atoms with E-state index in [9.17, 15) is 20.4 Å². The largest absolute Gasteiger partial charge is 0.508 e. The van der Waals surface area contributed by atoms with Crippen LogP contribution in [-0.2, 0) is 12.8 Å². The van der Waals surface area contributed by atoms with E-state index in [-0.39, 0.29) is 23.0 Å². The van der Waals surface area contributed by atoms with Crippen molar-refractivity contribution >= 4 is 0 Å². The highest BCUT2D eigenvalue weighted by atomic mass is 16.3. The molecule has 4 N–H and O–H groups in total. The van der Waals surface area contributed by atoms with Crippen LogP contribution in [-0.4, -0.2) is 32.6 Å². The Morgan fingerprint density at radius 3 is 1.90 bits per heavy atom. The molecular weight excluding hydrogens is 496 g/mol. The lowest BCUT2D eigenvalue weighted by Gasteiger charge is -2.51. The maximum absolute atomic E-state index is 11.5. The van der Waals surface area contributed by atoms with Gasteiger partial charge >= 0.3 is 0 Å². The van der Waals surface area contributed by atoms with Gasteiger partial charge in [0.05, 0.1) is 12.2 Å². The molecule has 2 aromatic rings. The SMILES string of the molecule is C[C@]12CC[C@@H]3c4c(cc(O)cc4-c4cc5c(cc4O)CC[C@@H]4[C@@H]5CC[C@]5(C)[C@@H](O)CC[C@@H]45)CC[C@H]3[C@@H]1CC[C@H]2O. The van der Waals surface area contributed by atoms with Crippen molar-refractivity contribution in [2.24, 2.45) is 34.5 Å². The first-order chi connectivity index (χ1) is 19.2. The van der Waals surface area contributed by atoms with Crippen molar-refractivity contribution in [3.63, 3.8) is 0 Å². The molecule has 40 heavy (non-hydrogen) atoms. The zero-order valence-corrected chi connectivity index (χ0v) is 24.2. The molecule has 10 atom stereocenters. The fourth-order valence-electron chi connectivity index (χ4n) is 11.7. The summed E-state index contributed by atoms with van der Waals surface area (Å²) in [6.45, 7) is 4.65. The number of hydrogen-bond acceptors (Lipinski definition) is 4. The summed E-state index contributed by atoms with van der Waals surface area (Å²) in [5, 5.41) is 44.1. The topological polar surface area (TPSA) is 80.9 Å². The lowest BCUT2D eigenvalue weighted by Crippen LogP contribution is -2.44. The maximum atomic E-state index is 11.5. The minimum atomic E-state index is -0.185. The first kappa shape index (κ1) is 25.7. The second-order valence-electron chi connectivity index (χ2n) is 15.2. The van der Waals surface area contributed by atoms with Gasteiger partial charge in [-0.05, 0) is 175 Å². The number of rotatable bonds is 1. The van der Waals surface area contributed by atoms with Gasteiger partial charge in [-0.3, -0.25) is 0 Å². The highest BCUT2D eigenvalue weighted by molar-refractivity contribution is 5.78. The quantitative estimate of drug-likeness (QED) is 0.307. The summed E-state index contributed by atoms with van der Waals surface area (Å²) in [5.74, 6) is 3.85. The third-order valence-electron chi connectivity index (χ3n) is 13.8. The Hall–Kier alpha value is -2.04. The second-order valence-corrected chi connectivity index (χ2v) is 15.2. The molecule has 0 aliphatic heterocycles. The van der Waals surface area contributed by atoms with Gasteiger partial charge in [0.15, 0.2) is 0 Å². The smallest absolute Gasteiger partial charge is 0.123 e. The van der Waals surface area contributed by atoms with Crippen LogP contribution in [0.25, 0.3) is 11.1 Å². The van der Waals surface area contributed by atoms with Crippen molar-refractivity contribution in [1.29, 1.82) is 0 Å². The molecule has 8 rings (SSSR count). The van der Waals surface area contributed by atoms with E-state index in [0.717, 1.165) is 88.2 Å². The van der Waals surface area contributed by atoms with Crippen LogP contribution in [0.5, 0.6) is 11.5 Å². The average Bonchev–Trinajstić information content (AvgIpc) is 3.41. The molecule has 0 radical (unpaired) electrons. The molecule has 6 aliphatic rings. The molecule has 4 nitrogen and oxygen atoms in total. The van der Waals surface area contributed by atoms with Crippen molar-refractivity contribution in [3.05, 3.63) is 46.5 Å². The summed E-state index contributed by atoms with van der Waals surface area (Å²) in [6.07, 6.45) is 12.3. The van der Waals surface area contributed by atoms with Gasteiger partial charge in [-0.25, -0.2) is 0 Å². The molecule has 0 aromatic heterocycles. The number of fused-ring (bicyclic) bond motifs is 10. The number of aromatic hydroxyl groups is 2. The molecule has 0 spiro atoms. The van der Waals surface area contributed by atoms with E-state index < -0.39 is 0 Å². The Labute approximate surface area is 238 Å². The number of aliphatic hydroxyl groups excluding tert-OH is 2. The second kappa shape index (κ2) is 8.74. The van der Waals surface area contributed by atoms with Crippen molar-refractivity contribution in [1.82, 2.24) is 0 Å². The van der Waals surface area contributed by atoms with Gasteiger partial charge in [0, 0.05) is 5.56 Å². The molecule has 2 aromatic carbocycles. The van der Waals surface area contributed by atoms with Crippen LogP contribution < -0.4 is 0 Å². The zero-order chi connectivity index (χ0) is 27.6. The van der Waals surface area contributed by atoms with E-state index in [1.165, 1.54) is 22.3 Å². The van der Waals surface area contributed by atoms with Crippen LogP contribution in [0.4, 0.5) is 0 Å². The van der Waals surface area contributed by atoms with Gasteiger partial charge in [0.2, 0.25) is 0 Å². The summed E-state index contributed by atoms with van der Waals surface area (Å²) in [7, 11) is 0. The van der Waals surface area contributed by atoms with E-state index in [4.69, 9.17) is 0 Å². The lowest BCUT2D eigenvalue weighted by atomic mass is 9.54. The zero-order valence-electron chi connectivity index (χ0n) is 24.2. The van der Waals surface area contributed by atoms with E-state index in [1.54, 1.807) is 0 Å². The predicted octanol–water partition coefficient (Wildman–Crippen LogP) is 7.20. The van der Waals surface area contributed by atoms with Gasteiger partial charge in [-0.2, -0.15) is 0 Å². The Morgan fingerprint density at radius 1 is 0.625 bits per heavy atom. The number of hydrogen-bond donors (Lipinski definition) is 4. The van der Waals surface area contributed by atoms with Crippen LogP contribution in [0.2, 0.25) is 0 Å². The number of phenolic OH excluding ortho intramolecular Hbond substituents is 2. The molecule has 0 bridgehead atoms. The molecule has 214 valence electrons. The Kier molecular flexibility index (Phi) is 5.60. The highest BCUT2D eigenvalue weighted by Crippen LogP contribution is 2.64. The van der Waals surface area contributed by atoms with Crippen molar-refractivity contribution in [2.75, 3.05) is 0 Å². The van der Waals surface area contributed by atoms with Gasteiger partial charge < -0.3 is 20.4 Å². The summed E-state index contributed by atoms with van der Waals surface area (Å²) in [5.41, 5.74) is 7.33. The van der Waals surface area contributed by atoms with E-state index in [2.05, 4.69) is 19.9 Å². The highest BCUT2D eigenvalue weighted by Gasteiger charge is 2.56. The van der Waals surface area contributed by atoms with Crippen molar-refractivity contribution in [3.8, 4) is 22.6 Å². The summed E-state index contributed by atoms with van der Waals surface area (Å²) in [6, 6.07) is 8.25. The fourth-order valence-corrected chi connectivity index (χ4v) is 11.7. The van der Waals surface area contributed by atoms with Crippen molar-refractivity contribution in [2.45, 2.75) is 115 Å². The van der Waals surface area contributed by atoms with Crippen LogP contribution in [0.15, 0.2) is 24.3 Å². The summed E-state index contributed by atoms with van der Waals surface area (Å²) >= 11 is 0. The first-order valence-corrected chi connectivity index (χ1v) is 16.3. The number of phenols is 2. The van der Waals surface area contributed by atoms with Gasteiger partial charge in [0.25, 0.3) is 0 Å². The van der Waals surface area contributed by atoms with E-state index in [0.29, 0.717) is 47.0 Å². The van der Waals surface area contributed by atoms with Crippen LogP contribution >= 0.6 is 0 Å². The number of aliphatic hydroxyl groups is 2. The molecule has 0 saturated heterocycles. The number of benzene rings is 2. The predicted molar refractivity (Wildman–Crippen MR) is 156 cm³/mol. The van der Waals surface area contributed by atoms with Crippen LogP contribution in [0.3, 0.4) is 0 Å². The van der Waals surface area contributed by atoms with Crippen LogP contribution in [0.1, 0.15) is 112 Å². The number of aryl methyl sites for hydroxylation is 2. The van der Waals surface area contributed by atoms with E-state index in [1.807, 2.05) is 18.2 Å². The molecule has 4 saturated carbocycles. The Bertz CT molecular complexity index is 1370. The molecular formula is C36H46O4.